The van der Waals surface area contributed by atoms with E-state index < -0.39 is 0 Å². The number of Topliss-reactive ketones (excluding diaryl/α,β-unsaturated/α-hetero) is 1. The van der Waals surface area contributed by atoms with Crippen molar-refractivity contribution in [2.75, 3.05) is 6.61 Å². The van der Waals surface area contributed by atoms with E-state index in [1.807, 2.05) is 60.0 Å². The van der Waals surface area contributed by atoms with Crippen molar-refractivity contribution < 1.29 is 9.53 Å². The first-order valence-electron chi connectivity index (χ1n) is 7.02. The summed E-state index contributed by atoms with van der Waals surface area (Å²) in [7, 11) is 0. The fourth-order valence-electron chi connectivity index (χ4n) is 2.27. The fraction of sp³-hybridized carbons (Fsp3) is 0.167. The highest BCUT2D eigenvalue weighted by molar-refractivity contribution is 9.10. The average Bonchev–Trinajstić information content (AvgIpc) is 2.99. The molecule has 112 valence electrons. The van der Waals surface area contributed by atoms with Crippen molar-refractivity contribution in [3.8, 4) is 0 Å². The minimum atomic E-state index is -0.325. The molecule has 0 radical (unpaired) electrons. The van der Waals surface area contributed by atoms with Crippen molar-refractivity contribution in [3.05, 3.63) is 71.1 Å². The lowest BCUT2D eigenvalue weighted by atomic mass is 10.1. The van der Waals surface area contributed by atoms with Gasteiger partial charge >= 0.3 is 0 Å². The summed E-state index contributed by atoms with van der Waals surface area (Å²) in [6.45, 7) is 0.874. The zero-order chi connectivity index (χ0) is 15.4. The Labute approximate surface area is 141 Å². The molecular weight excluding hydrogens is 360 g/mol. The number of carbonyl (C=O) groups is 1. The van der Waals surface area contributed by atoms with Gasteiger partial charge in [-0.25, -0.2) is 0 Å². The molecule has 0 spiro atoms. The van der Waals surface area contributed by atoms with Crippen LogP contribution in [0.1, 0.15) is 15.9 Å². The van der Waals surface area contributed by atoms with Crippen molar-refractivity contribution in [2.24, 2.45) is 0 Å². The quantitative estimate of drug-likeness (QED) is 0.445. The summed E-state index contributed by atoms with van der Waals surface area (Å²) in [5, 5.41) is 2.95. The number of alkyl halides is 1. The Morgan fingerprint density at radius 1 is 1.09 bits per heavy atom. The third kappa shape index (κ3) is 3.46. The predicted octanol–water partition coefficient (Wildman–Crippen LogP) is 5.06. The molecule has 1 unspecified atom stereocenters. The van der Waals surface area contributed by atoms with Gasteiger partial charge in [0.2, 0.25) is 0 Å². The summed E-state index contributed by atoms with van der Waals surface area (Å²) in [5.74, 6) is 0.0745. The van der Waals surface area contributed by atoms with Crippen LogP contribution < -0.4 is 0 Å². The molecule has 0 bridgehead atoms. The third-order valence-electron chi connectivity index (χ3n) is 3.41. The summed E-state index contributed by atoms with van der Waals surface area (Å²) in [6.07, 6.45) is 0. The molecule has 22 heavy (non-hydrogen) atoms. The summed E-state index contributed by atoms with van der Waals surface area (Å²) in [6, 6.07) is 17.9. The highest BCUT2D eigenvalue weighted by Gasteiger charge is 2.20. The molecule has 0 aliphatic carbocycles. The Morgan fingerprint density at radius 2 is 1.82 bits per heavy atom. The number of ether oxygens (including phenoxy) is 1. The molecule has 0 saturated carbocycles. The topological polar surface area (TPSA) is 26.3 Å². The summed E-state index contributed by atoms with van der Waals surface area (Å²) >= 11 is 5.05. The first kappa shape index (κ1) is 15.4. The minimum Gasteiger partial charge on any atom is -0.375 e. The molecule has 1 atom stereocenters. The van der Waals surface area contributed by atoms with Gasteiger partial charge in [0.15, 0.2) is 5.78 Å². The molecule has 1 heterocycles. The second kappa shape index (κ2) is 7.18. The Balaban J connectivity index is 1.62. The second-order valence-electron chi connectivity index (χ2n) is 4.98. The van der Waals surface area contributed by atoms with Gasteiger partial charge in [-0.1, -0.05) is 64.5 Å². The number of halogens is 1. The largest absolute Gasteiger partial charge is 0.375 e. The van der Waals surface area contributed by atoms with Crippen LogP contribution in [0.5, 0.6) is 0 Å². The van der Waals surface area contributed by atoms with Crippen LogP contribution >= 0.6 is 27.3 Å². The van der Waals surface area contributed by atoms with E-state index in [1.54, 1.807) is 11.3 Å². The Kier molecular flexibility index (Phi) is 5.03. The second-order valence-corrected chi connectivity index (χ2v) is 6.99. The van der Waals surface area contributed by atoms with Crippen LogP contribution in [0.3, 0.4) is 0 Å². The lowest BCUT2D eigenvalue weighted by Gasteiger charge is -2.09. The number of rotatable bonds is 6. The Morgan fingerprint density at radius 3 is 2.64 bits per heavy atom. The first-order chi connectivity index (χ1) is 10.8. The highest BCUT2D eigenvalue weighted by Crippen LogP contribution is 2.27. The van der Waals surface area contributed by atoms with Crippen LogP contribution in [0.2, 0.25) is 0 Å². The molecule has 2 nitrogen and oxygen atoms in total. The molecule has 0 amide bonds. The highest BCUT2D eigenvalue weighted by atomic mass is 79.9. The number of hydrogen-bond acceptors (Lipinski definition) is 3. The van der Waals surface area contributed by atoms with Gasteiger partial charge in [0.1, 0.15) is 4.83 Å². The molecule has 0 fully saturated rings. The maximum atomic E-state index is 12.5. The van der Waals surface area contributed by atoms with E-state index >= 15 is 0 Å². The van der Waals surface area contributed by atoms with E-state index in [4.69, 9.17) is 4.74 Å². The number of benzene rings is 2. The predicted molar refractivity (Wildman–Crippen MR) is 95.0 cm³/mol. The van der Waals surface area contributed by atoms with Crippen LogP contribution in [0, 0.1) is 0 Å². The van der Waals surface area contributed by atoms with Gasteiger partial charge in [-0.05, 0) is 11.6 Å². The van der Waals surface area contributed by atoms with Gasteiger partial charge in [-0.3, -0.25) is 4.79 Å². The lowest BCUT2D eigenvalue weighted by molar-refractivity contribution is 0.0875. The average molecular weight is 375 g/mol. The number of fused-ring (bicyclic) bond motifs is 1. The zero-order valence-corrected chi connectivity index (χ0v) is 14.3. The van der Waals surface area contributed by atoms with Crippen molar-refractivity contribution in [3.63, 3.8) is 0 Å². The molecule has 0 aliphatic heterocycles. The SMILES string of the molecule is O=C(c1csc2ccccc12)C(Br)COCc1ccccc1. The minimum absolute atomic E-state index is 0.0745. The molecule has 3 aromatic rings. The molecule has 3 rings (SSSR count). The Bertz CT molecular complexity index is 767. The van der Waals surface area contributed by atoms with Gasteiger partial charge in [-0.15, -0.1) is 11.3 Å². The summed E-state index contributed by atoms with van der Waals surface area (Å²) in [4.78, 5) is 12.2. The zero-order valence-electron chi connectivity index (χ0n) is 11.9. The van der Waals surface area contributed by atoms with Crippen molar-refractivity contribution in [1.82, 2.24) is 0 Å². The molecule has 2 aromatic carbocycles. The number of carbonyl (C=O) groups excluding carboxylic acids is 1. The van der Waals surface area contributed by atoms with E-state index in [2.05, 4.69) is 15.9 Å². The number of ketones is 1. The van der Waals surface area contributed by atoms with Gasteiger partial charge < -0.3 is 4.74 Å². The normalized spacial score (nSPS) is 12.4. The van der Waals surface area contributed by atoms with Crippen LogP contribution in [-0.4, -0.2) is 17.2 Å². The van der Waals surface area contributed by atoms with Crippen LogP contribution in [0.15, 0.2) is 60.0 Å². The number of hydrogen-bond donors (Lipinski definition) is 0. The van der Waals surface area contributed by atoms with E-state index in [9.17, 15) is 4.79 Å². The molecule has 1 aromatic heterocycles. The monoisotopic (exact) mass is 374 g/mol. The first-order valence-corrected chi connectivity index (χ1v) is 8.81. The van der Waals surface area contributed by atoms with Crippen LogP contribution in [-0.2, 0) is 11.3 Å². The van der Waals surface area contributed by atoms with E-state index in [0.29, 0.717) is 13.2 Å². The van der Waals surface area contributed by atoms with Crippen molar-refractivity contribution in [1.29, 1.82) is 0 Å². The van der Waals surface area contributed by atoms with Crippen LogP contribution in [0.25, 0.3) is 10.1 Å². The van der Waals surface area contributed by atoms with Gasteiger partial charge in [-0.2, -0.15) is 0 Å². The standard InChI is InChI=1S/C18H15BrO2S/c19-16(11-21-10-13-6-2-1-3-7-13)18(20)15-12-22-17-9-5-4-8-14(15)17/h1-9,12,16H,10-11H2. The molecule has 0 N–H and O–H groups in total. The lowest BCUT2D eigenvalue weighted by Crippen LogP contribution is -2.20. The molecule has 0 aliphatic rings. The fourth-order valence-corrected chi connectivity index (χ4v) is 3.65. The van der Waals surface area contributed by atoms with Crippen LogP contribution in [0.4, 0.5) is 0 Å². The van der Waals surface area contributed by atoms with Gasteiger partial charge in [0.05, 0.1) is 13.2 Å². The van der Waals surface area contributed by atoms with Gasteiger partial charge in [0, 0.05) is 21.0 Å². The molecule has 4 heteroatoms. The maximum absolute atomic E-state index is 12.5. The molecular formula is C18H15BrO2S. The van der Waals surface area contributed by atoms with E-state index in [0.717, 1.165) is 21.2 Å². The summed E-state index contributed by atoms with van der Waals surface area (Å²) < 4.78 is 6.78. The van der Waals surface area contributed by atoms with Crippen molar-refractivity contribution in [2.45, 2.75) is 11.4 Å². The molecule has 0 saturated heterocycles. The number of thiophene rings is 1. The Hall–Kier alpha value is -1.49. The van der Waals surface area contributed by atoms with E-state index in [1.165, 1.54) is 0 Å². The van der Waals surface area contributed by atoms with Crippen molar-refractivity contribution >= 4 is 43.1 Å². The third-order valence-corrected chi connectivity index (χ3v) is 5.05. The van der Waals surface area contributed by atoms with Gasteiger partial charge in [0.25, 0.3) is 0 Å². The van der Waals surface area contributed by atoms with E-state index in [-0.39, 0.29) is 10.6 Å². The summed E-state index contributed by atoms with van der Waals surface area (Å²) in [5.41, 5.74) is 1.88. The smallest absolute Gasteiger partial charge is 0.180 e. The maximum Gasteiger partial charge on any atom is 0.180 e.